The number of anilines is 1. The number of nitrogens with one attached hydrogen (secondary N) is 2. The molecule has 4 N–H and O–H groups in total. The molecule has 1 heterocycles. The van der Waals surface area contributed by atoms with Crippen molar-refractivity contribution in [2.24, 2.45) is 5.73 Å². The zero-order valence-corrected chi connectivity index (χ0v) is 10.4. The predicted molar refractivity (Wildman–Crippen MR) is 64.3 cm³/mol. The number of nitrogens with zero attached hydrogens (tertiary/aromatic N) is 1. The Hall–Kier alpha value is -1.83. The Morgan fingerprint density at radius 1 is 1.47 bits per heavy atom. The predicted octanol–water partition coefficient (Wildman–Crippen LogP) is 0.318. The third-order valence-corrected chi connectivity index (χ3v) is 2.96. The summed E-state index contributed by atoms with van der Waals surface area (Å²) in [6, 6.07) is -0.572. The zero-order valence-electron chi connectivity index (χ0n) is 9.57. The number of amides is 2. The molecule has 0 spiro atoms. The van der Waals surface area contributed by atoms with Crippen molar-refractivity contribution in [2.45, 2.75) is 6.92 Å². The smallest absolute Gasteiger partial charge is 0.350 e. The zero-order chi connectivity index (χ0) is 12.8. The number of aromatic nitrogens is 1. The number of hydrogen-bond acceptors (Lipinski definition) is 6. The average Bonchev–Trinajstić information content (AvgIpc) is 2.65. The summed E-state index contributed by atoms with van der Waals surface area (Å²) in [6.45, 7) is 2.60. The van der Waals surface area contributed by atoms with Crippen LogP contribution < -0.4 is 16.4 Å². The van der Waals surface area contributed by atoms with Crippen molar-refractivity contribution in [3.63, 3.8) is 0 Å². The van der Waals surface area contributed by atoms with Crippen molar-refractivity contribution >= 4 is 28.5 Å². The lowest BCUT2D eigenvalue weighted by Crippen LogP contribution is -2.33. The fourth-order valence-corrected chi connectivity index (χ4v) is 2.02. The van der Waals surface area contributed by atoms with Gasteiger partial charge in [-0.25, -0.2) is 14.6 Å². The number of methoxy groups -OCH3 is 1. The van der Waals surface area contributed by atoms with Crippen LogP contribution in [0.25, 0.3) is 0 Å². The number of aryl methyl sites for hydroxylation is 1. The van der Waals surface area contributed by atoms with Gasteiger partial charge < -0.3 is 21.1 Å². The van der Waals surface area contributed by atoms with Crippen molar-refractivity contribution in [3.8, 4) is 0 Å². The highest BCUT2D eigenvalue weighted by Gasteiger charge is 2.15. The van der Waals surface area contributed by atoms with Gasteiger partial charge in [0.1, 0.15) is 4.88 Å². The van der Waals surface area contributed by atoms with Crippen molar-refractivity contribution in [3.05, 3.63) is 10.6 Å². The normalized spacial score (nSPS) is 9.76. The number of carbonyl (C=O) groups is 2. The minimum Gasteiger partial charge on any atom is -0.465 e. The Morgan fingerprint density at radius 3 is 2.76 bits per heavy atom. The number of rotatable bonds is 5. The first kappa shape index (κ1) is 13.2. The Kier molecular flexibility index (Phi) is 4.70. The Labute approximate surface area is 102 Å². The van der Waals surface area contributed by atoms with Crippen LogP contribution in [-0.2, 0) is 4.74 Å². The molecule has 0 atom stereocenters. The van der Waals surface area contributed by atoms with Crippen LogP contribution >= 0.6 is 11.3 Å². The van der Waals surface area contributed by atoms with Crippen molar-refractivity contribution in [2.75, 3.05) is 25.5 Å². The molecule has 8 heteroatoms. The number of esters is 1. The van der Waals surface area contributed by atoms with Gasteiger partial charge in [0.25, 0.3) is 0 Å². The molecule has 0 saturated carbocycles. The second-order valence-corrected chi connectivity index (χ2v) is 4.14. The van der Waals surface area contributed by atoms with Gasteiger partial charge in [0.2, 0.25) is 0 Å². The van der Waals surface area contributed by atoms with E-state index in [1.807, 2.05) is 0 Å². The number of thiazole rings is 1. The third-order valence-electron chi connectivity index (χ3n) is 1.87. The molecule has 0 aliphatic rings. The number of carbonyl (C=O) groups excluding carboxylic acids is 2. The van der Waals surface area contributed by atoms with Gasteiger partial charge in [0.05, 0.1) is 12.8 Å². The van der Waals surface area contributed by atoms with E-state index in [1.165, 1.54) is 18.4 Å². The Balaban J connectivity index is 2.50. The van der Waals surface area contributed by atoms with Gasteiger partial charge >= 0.3 is 12.0 Å². The minimum atomic E-state index is -0.572. The lowest BCUT2D eigenvalue weighted by atomic mass is 10.4. The first-order chi connectivity index (χ1) is 8.04. The summed E-state index contributed by atoms with van der Waals surface area (Å²) >= 11 is 1.21. The number of primary amides is 1. The quantitative estimate of drug-likeness (QED) is 0.521. The summed E-state index contributed by atoms with van der Waals surface area (Å²) < 4.78 is 4.62. The van der Waals surface area contributed by atoms with Crippen LogP contribution in [-0.4, -0.2) is 37.2 Å². The second-order valence-electron chi connectivity index (χ2n) is 3.14. The average molecular weight is 258 g/mol. The molecule has 0 bridgehead atoms. The molecule has 0 radical (unpaired) electrons. The van der Waals surface area contributed by atoms with E-state index in [2.05, 4.69) is 20.4 Å². The number of ether oxygens (including phenoxy) is 1. The Morgan fingerprint density at radius 2 is 2.18 bits per heavy atom. The fourth-order valence-electron chi connectivity index (χ4n) is 1.11. The Bertz CT molecular complexity index is 418. The molecule has 1 aromatic rings. The van der Waals surface area contributed by atoms with Gasteiger partial charge in [-0.3, -0.25) is 0 Å². The second kappa shape index (κ2) is 6.04. The summed E-state index contributed by atoms with van der Waals surface area (Å²) in [4.78, 5) is 26.3. The van der Waals surface area contributed by atoms with Crippen LogP contribution in [0.2, 0.25) is 0 Å². The molecule has 0 unspecified atom stereocenters. The number of nitrogens with two attached hydrogens (primary N) is 1. The maximum atomic E-state index is 11.3. The van der Waals surface area contributed by atoms with Crippen LogP contribution in [0.1, 0.15) is 15.4 Å². The van der Waals surface area contributed by atoms with E-state index in [0.29, 0.717) is 28.8 Å². The van der Waals surface area contributed by atoms with Crippen molar-refractivity contribution in [1.82, 2.24) is 10.3 Å². The largest absolute Gasteiger partial charge is 0.465 e. The molecule has 0 aliphatic heterocycles. The highest BCUT2D eigenvalue weighted by Crippen LogP contribution is 2.22. The molecule has 7 nitrogen and oxygen atoms in total. The molecule has 1 rings (SSSR count). The molecule has 17 heavy (non-hydrogen) atoms. The van der Waals surface area contributed by atoms with Gasteiger partial charge in [0, 0.05) is 13.1 Å². The molecule has 0 aliphatic carbocycles. The first-order valence-corrected chi connectivity index (χ1v) is 5.69. The highest BCUT2D eigenvalue weighted by atomic mass is 32.1. The maximum Gasteiger partial charge on any atom is 0.350 e. The van der Waals surface area contributed by atoms with E-state index in [4.69, 9.17) is 5.73 Å². The summed E-state index contributed by atoms with van der Waals surface area (Å²) in [6.07, 6.45) is 0. The molecular weight excluding hydrogens is 244 g/mol. The van der Waals surface area contributed by atoms with E-state index in [-0.39, 0.29) is 0 Å². The SMILES string of the molecule is COC(=O)c1sc(NCCNC(N)=O)nc1C. The van der Waals surface area contributed by atoms with Crippen LogP contribution in [0.4, 0.5) is 9.93 Å². The minimum absolute atomic E-state index is 0.390. The van der Waals surface area contributed by atoms with Gasteiger partial charge in [-0.05, 0) is 6.92 Å². The first-order valence-electron chi connectivity index (χ1n) is 4.87. The van der Waals surface area contributed by atoms with Crippen LogP contribution in [0, 0.1) is 6.92 Å². The van der Waals surface area contributed by atoms with Gasteiger partial charge in [0.15, 0.2) is 5.13 Å². The molecule has 0 fully saturated rings. The number of urea groups is 1. The number of hydrogen-bond donors (Lipinski definition) is 3. The molecule has 94 valence electrons. The maximum absolute atomic E-state index is 11.3. The van der Waals surface area contributed by atoms with Crippen LogP contribution in [0.15, 0.2) is 0 Å². The van der Waals surface area contributed by atoms with Gasteiger partial charge in [-0.2, -0.15) is 0 Å². The molecule has 0 aromatic carbocycles. The molecule has 0 saturated heterocycles. The van der Waals surface area contributed by atoms with E-state index in [9.17, 15) is 9.59 Å². The molecular formula is C9H14N4O3S. The molecule has 2 amide bonds. The van der Waals surface area contributed by atoms with Crippen molar-refractivity contribution in [1.29, 1.82) is 0 Å². The van der Waals surface area contributed by atoms with E-state index < -0.39 is 12.0 Å². The highest BCUT2D eigenvalue weighted by molar-refractivity contribution is 7.17. The van der Waals surface area contributed by atoms with Gasteiger partial charge in [-0.1, -0.05) is 11.3 Å². The fraction of sp³-hybridized carbons (Fsp3) is 0.444. The third kappa shape index (κ3) is 3.91. The lowest BCUT2D eigenvalue weighted by molar-refractivity contribution is 0.0605. The topological polar surface area (TPSA) is 106 Å². The lowest BCUT2D eigenvalue weighted by Gasteiger charge is -2.02. The van der Waals surface area contributed by atoms with Crippen molar-refractivity contribution < 1.29 is 14.3 Å². The van der Waals surface area contributed by atoms with Gasteiger partial charge in [-0.15, -0.1) is 0 Å². The summed E-state index contributed by atoms with van der Waals surface area (Å²) in [5.41, 5.74) is 5.52. The summed E-state index contributed by atoms with van der Waals surface area (Å²) in [5, 5.41) is 6.01. The standard InChI is InChI=1S/C9H14N4O3S/c1-5-6(7(14)16-2)17-9(13-5)12-4-3-11-8(10)15/h3-4H2,1-2H3,(H,12,13)(H3,10,11,15). The van der Waals surface area contributed by atoms with E-state index in [1.54, 1.807) is 6.92 Å². The van der Waals surface area contributed by atoms with E-state index in [0.717, 1.165) is 0 Å². The van der Waals surface area contributed by atoms with Crippen LogP contribution in [0.5, 0.6) is 0 Å². The van der Waals surface area contributed by atoms with Crippen LogP contribution in [0.3, 0.4) is 0 Å². The monoisotopic (exact) mass is 258 g/mol. The summed E-state index contributed by atoms with van der Waals surface area (Å²) in [5.74, 6) is -0.400. The molecule has 1 aromatic heterocycles. The summed E-state index contributed by atoms with van der Waals surface area (Å²) in [7, 11) is 1.32. The van der Waals surface area contributed by atoms with E-state index >= 15 is 0 Å².